The Hall–Kier alpha value is -1.78. The van der Waals surface area contributed by atoms with Crippen LogP contribution in [0.25, 0.3) is 0 Å². The standard InChI is InChI=1S/C11H15FN2O2/c1-7(2)14-10(15)6-16-11-8(12)4-3-5-9(11)13/h3-5,7H,6,13H2,1-2H3,(H,14,15). The number of nitrogen functional groups attached to an aromatic ring is 1. The average molecular weight is 226 g/mol. The second kappa shape index (κ2) is 5.34. The molecule has 0 saturated carbocycles. The molecule has 0 radical (unpaired) electrons. The molecule has 1 aromatic carbocycles. The minimum atomic E-state index is -0.572. The third-order valence-corrected chi connectivity index (χ3v) is 1.79. The molecule has 0 saturated heterocycles. The molecule has 1 rings (SSSR count). The Kier molecular flexibility index (Phi) is 4.10. The fourth-order valence-corrected chi connectivity index (χ4v) is 1.18. The molecule has 0 unspecified atom stereocenters. The minimum Gasteiger partial charge on any atom is -0.479 e. The van der Waals surface area contributed by atoms with Gasteiger partial charge >= 0.3 is 0 Å². The van der Waals surface area contributed by atoms with Crippen molar-refractivity contribution in [3.05, 3.63) is 24.0 Å². The molecule has 0 bridgehead atoms. The zero-order valence-electron chi connectivity index (χ0n) is 9.29. The van der Waals surface area contributed by atoms with Crippen LogP contribution in [0.1, 0.15) is 13.8 Å². The summed E-state index contributed by atoms with van der Waals surface area (Å²) in [5.74, 6) is -0.962. The van der Waals surface area contributed by atoms with Gasteiger partial charge in [-0.15, -0.1) is 0 Å². The Morgan fingerprint density at radius 2 is 2.25 bits per heavy atom. The van der Waals surface area contributed by atoms with Crippen molar-refractivity contribution in [1.82, 2.24) is 5.32 Å². The van der Waals surface area contributed by atoms with Crippen LogP contribution in [0.3, 0.4) is 0 Å². The van der Waals surface area contributed by atoms with Crippen LogP contribution in [0.5, 0.6) is 5.75 Å². The monoisotopic (exact) mass is 226 g/mol. The van der Waals surface area contributed by atoms with Gasteiger partial charge in [-0.3, -0.25) is 4.79 Å². The zero-order chi connectivity index (χ0) is 12.1. The average Bonchev–Trinajstić information content (AvgIpc) is 2.15. The first-order chi connectivity index (χ1) is 7.50. The molecule has 16 heavy (non-hydrogen) atoms. The number of halogens is 1. The van der Waals surface area contributed by atoms with E-state index in [0.29, 0.717) is 0 Å². The van der Waals surface area contributed by atoms with Gasteiger partial charge in [0.25, 0.3) is 5.91 Å². The number of para-hydroxylation sites is 1. The number of amides is 1. The van der Waals surface area contributed by atoms with Crippen LogP contribution >= 0.6 is 0 Å². The largest absolute Gasteiger partial charge is 0.479 e. The summed E-state index contributed by atoms with van der Waals surface area (Å²) < 4.78 is 18.2. The Morgan fingerprint density at radius 1 is 1.56 bits per heavy atom. The van der Waals surface area contributed by atoms with Crippen molar-refractivity contribution in [2.45, 2.75) is 19.9 Å². The van der Waals surface area contributed by atoms with Crippen LogP contribution < -0.4 is 15.8 Å². The van der Waals surface area contributed by atoms with Gasteiger partial charge in [0.15, 0.2) is 18.2 Å². The lowest BCUT2D eigenvalue weighted by atomic mass is 10.3. The fourth-order valence-electron chi connectivity index (χ4n) is 1.18. The lowest BCUT2D eigenvalue weighted by Gasteiger charge is -2.11. The summed E-state index contributed by atoms with van der Waals surface area (Å²) >= 11 is 0. The summed E-state index contributed by atoms with van der Waals surface area (Å²) in [6, 6.07) is 4.24. The molecule has 1 amide bonds. The van der Waals surface area contributed by atoms with Crippen molar-refractivity contribution >= 4 is 11.6 Å². The van der Waals surface area contributed by atoms with Crippen LogP contribution in [0.15, 0.2) is 18.2 Å². The van der Waals surface area contributed by atoms with E-state index >= 15 is 0 Å². The highest BCUT2D eigenvalue weighted by molar-refractivity contribution is 5.78. The molecule has 88 valence electrons. The van der Waals surface area contributed by atoms with Gasteiger partial charge in [0.2, 0.25) is 0 Å². The van der Waals surface area contributed by atoms with E-state index in [0.717, 1.165) is 0 Å². The number of nitrogens with one attached hydrogen (secondary N) is 1. The molecule has 0 aliphatic heterocycles. The minimum absolute atomic E-state index is 0.0223. The Bertz CT molecular complexity index is 360. The summed E-state index contributed by atoms with van der Waals surface area (Å²) in [4.78, 5) is 11.3. The number of benzene rings is 1. The van der Waals surface area contributed by atoms with Crippen molar-refractivity contribution in [1.29, 1.82) is 0 Å². The van der Waals surface area contributed by atoms with Gasteiger partial charge < -0.3 is 15.8 Å². The van der Waals surface area contributed by atoms with Gasteiger partial charge in [-0.05, 0) is 26.0 Å². The number of carbonyl (C=O) groups is 1. The van der Waals surface area contributed by atoms with Gasteiger partial charge in [0.05, 0.1) is 5.69 Å². The first-order valence-corrected chi connectivity index (χ1v) is 4.97. The van der Waals surface area contributed by atoms with Crippen molar-refractivity contribution < 1.29 is 13.9 Å². The maximum absolute atomic E-state index is 13.2. The molecule has 0 aliphatic carbocycles. The maximum Gasteiger partial charge on any atom is 0.258 e. The van der Waals surface area contributed by atoms with Crippen LogP contribution in [-0.4, -0.2) is 18.6 Å². The molecule has 4 nitrogen and oxygen atoms in total. The molecule has 3 N–H and O–H groups in total. The fraction of sp³-hybridized carbons (Fsp3) is 0.364. The van der Waals surface area contributed by atoms with E-state index in [9.17, 15) is 9.18 Å². The van der Waals surface area contributed by atoms with Gasteiger partial charge in [-0.25, -0.2) is 4.39 Å². The number of anilines is 1. The summed E-state index contributed by atoms with van der Waals surface area (Å²) in [5.41, 5.74) is 5.69. The van der Waals surface area contributed by atoms with Crippen molar-refractivity contribution in [3.8, 4) is 5.75 Å². The van der Waals surface area contributed by atoms with Crippen LogP contribution in [0.4, 0.5) is 10.1 Å². The van der Waals surface area contributed by atoms with Gasteiger partial charge in [0.1, 0.15) is 0 Å². The van der Waals surface area contributed by atoms with E-state index in [1.807, 2.05) is 13.8 Å². The summed E-state index contributed by atoms with van der Waals surface area (Å²) in [6.07, 6.45) is 0. The zero-order valence-corrected chi connectivity index (χ0v) is 9.29. The molecule has 1 aromatic rings. The number of rotatable bonds is 4. The van der Waals surface area contributed by atoms with Crippen LogP contribution in [0, 0.1) is 5.82 Å². The van der Waals surface area contributed by atoms with Crippen LogP contribution in [-0.2, 0) is 4.79 Å². The molecule has 0 aromatic heterocycles. The number of carbonyl (C=O) groups excluding carboxylic acids is 1. The predicted octanol–water partition coefficient (Wildman–Crippen LogP) is 1.31. The highest BCUT2D eigenvalue weighted by Gasteiger charge is 2.10. The highest BCUT2D eigenvalue weighted by Crippen LogP contribution is 2.24. The van der Waals surface area contributed by atoms with Gasteiger partial charge in [-0.1, -0.05) is 6.07 Å². The molecular formula is C11H15FN2O2. The van der Waals surface area contributed by atoms with E-state index < -0.39 is 5.82 Å². The van der Waals surface area contributed by atoms with E-state index in [2.05, 4.69) is 5.32 Å². The maximum atomic E-state index is 13.2. The van der Waals surface area contributed by atoms with E-state index in [1.54, 1.807) is 0 Å². The molecule has 0 fully saturated rings. The van der Waals surface area contributed by atoms with Crippen molar-refractivity contribution in [3.63, 3.8) is 0 Å². The molecular weight excluding hydrogens is 211 g/mol. The summed E-state index contributed by atoms with van der Waals surface area (Å²) in [6.45, 7) is 3.41. The van der Waals surface area contributed by atoms with E-state index in [-0.39, 0.29) is 30.0 Å². The smallest absolute Gasteiger partial charge is 0.258 e. The first kappa shape index (κ1) is 12.3. The molecule has 5 heteroatoms. The Balaban J connectivity index is 2.58. The van der Waals surface area contributed by atoms with E-state index in [1.165, 1.54) is 18.2 Å². The normalized spacial score (nSPS) is 10.2. The lowest BCUT2D eigenvalue weighted by Crippen LogP contribution is -2.34. The highest BCUT2D eigenvalue weighted by atomic mass is 19.1. The topological polar surface area (TPSA) is 64.3 Å². The first-order valence-electron chi connectivity index (χ1n) is 4.97. The summed E-state index contributed by atoms with van der Waals surface area (Å²) in [7, 11) is 0. The number of nitrogens with two attached hydrogens (primary N) is 1. The quantitative estimate of drug-likeness (QED) is 0.761. The number of hydrogen-bond donors (Lipinski definition) is 2. The van der Waals surface area contributed by atoms with Crippen LogP contribution in [0.2, 0.25) is 0 Å². The third kappa shape index (κ3) is 3.42. The molecule has 0 heterocycles. The third-order valence-electron chi connectivity index (χ3n) is 1.79. The van der Waals surface area contributed by atoms with Crippen molar-refractivity contribution in [2.24, 2.45) is 0 Å². The molecule has 0 atom stereocenters. The molecule has 0 spiro atoms. The molecule has 0 aliphatic rings. The Labute approximate surface area is 93.6 Å². The van der Waals surface area contributed by atoms with Crippen molar-refractivity contribution in [2.75, 3.05) is 12.3 Å². The number of hydrogen-bond acceptors (Lipinski definition) is 3. The number of ether oxygens (including phenoxy) is 1. The predicted molar refractivity (Wildman–Crippen MR) is 59.6 cm³/mol. The second-order valence-corrected chi connectivity index (χ2v) is 3.67. The lowest BCUT2D eigenvalue weighted by molar-refractivity contribution is -0.123. The SMILES string of the molecule is CC(C)NC(=O)COc1c(N)cccc1F. The second-order valence-electron chi connectivity index (χ2n) is 3.67. The van der Waals surface area contributed by atoms with E-state index in [4.69, 9.17) is 10.5 Å². The Morgan fingerprint density at radius 3 is 2.81 bits per heavy atom. The summed E-state index contributed by atoms with van der Waals surface area (Å²) in [5, 5.41) is 2.62. The van der Waals surface area contributed by atoms with Gasteiger partial charge in [0, 0.05) is 6.04 Å². The van der Waals surface area contributed by atoms with Gasteiger partial charge in [-0.2, -0.15) is 0 Å².